The maximum Gasteiger partial charge on any atom is 0.307 e. The van der Waals surface area contributed by atoms with Gasteiger partial charge in [0.25, 0.3) is 0 Å². The molecular weight excluding hydrogens is 372 g/mol. The van der Waals surface area contributed by atoms with Crippen molar-refractivity contribution in [3.8, 4) is 0 Å². The fourth-order valence-corrected chi connectivity index (χ4v) is 4.97. The van der Waals surface area contributed by atoms with E-state index < -0.39 is 27.8 Å². The van der Waals surface area contributed by atoms with Crippen LogP contribution in [0.1, 0.15) is 24.0 Å². The number of carbonyl (C=O) groups is 2. The van der Waals surface area contributed by atoms with Crippen molar-refractivity contribution in [1.82, 2.24) is 9.62 Å². The third-order valence-corrected chi connectivity index (χ3v) is 7.03. The van der Waals surface area contributed by atoms with Gasteiger partial charge in [0.05, 0.1) is 30.8 Å². The van der Waals surface area contributed by atoms with Crippen molar-refractivity contribution < 1.29 is 27.9 Å². The van der Waals surface area contributed by atoms with Gasteiger partial charge in [-0.2, -0.15) is 4.31 Å². The minimum absolute atomic E-state index is 0.139. The Morgan fingerprint density at radius 3 is 2.33 bits per heavy atom. The number of hydrogen-bond acceptors (Lipinski definition) is 5. The largest absolute Gasteiger partial charge is 0.481 e. The molecule has 1 aromatic rings. The normalized spacial score (nSPS) is 23.4. The molecule has 2 fully saturated rings. The molecule has 8 nitrogen and oxygen atoms in total. The fourth-order valence-electron chi connectivity index (χ4n) is 3.41. The number of hydrogen-bond donors (Lipinski definition) is 2. The van der Waals surface area contributed by atoms with E-state index in [2.05, 4.69) is 5.32 Å². The number of nitrogens with one attached hydrogen (secondary N) is 1. The van der Waals surface area contributed by atoms with Crippen LogP contribution in [0.2, 0.25) is 0 Å². The molecule has 1 aromatic carbocycles. The van der Waals surface area contributed by atoms with Crippen LogP contribution in [0.3, 0.4) is 0 Å². The number of carboxylic acid groups (broad SMARTS) is 1. The standard InChI is InChI=1S/C18H24N2O6S/c21-17(15-5-6-16(15)18(22)23)19-11-13-3-1-2-4-14(13)12-27(24,25)20-7-9-26-10-8-20/h1-4,15-16H,5-12H2,(H,19,21)(H,22,23). The summed E-state index contributed by atoms with van der Waals surface area (Å²) in [5, 5.41) is 11.8. The van der Waals surface area contributed by atoms with Crippen LogP contribution in [0.5, 0.6) is 0 Å². The quantitative estimate of drug-likeness (QED) is 0.697. The number of nitrogens with zero attached hydrogens (tertiary/aromatic N) is 1. The summed E-state index contributed by atoms with van der Waals surface area (Å²) < 4.78 is 31.9. The molecule has 0 aromatic heterocycles. The molecule has 3 rings (SSSR count). The lowest BCUT2D eigenvalue weighted by Gasteiger charge is -2.32. The van der Waals surface area contributed by atoms with E-state index in [0.29, 0.717) is 50.3 Å². The summed E-state index contributed by atoms with van der Waals surface area (Å²) in [5.41, 5.74) is 1.35. The van der Waals surface area contributed by atoms with Crippen LogP contribution in [-0.2, 0) is 36.6 Å². The molecule has 1 saturated heterocycles. The fraction of sp³-hybridized carbons (Fsp3) is 0.556. The second kappa shape index (κ2) is 8.37. The smallest absolute Gasteiger partial charge is 0.307 e. The SMILES string of the molecule is O=C(O)C1CCC1C(=O)NCc1ccccc1CS(=O)(=O)N1CCOCC1. The Hall–Kier alpha value is -1.97. The lowest BCUT2D eigenvalue weighted by atomic mass is 9.73. The second-order valence-corrected chi connectivity index (χ2v) is 8.85. The maximum absolute atomic E-state index is 12.6. The first-order chi connectivity index (χ1) is 12.9. The van der Waals surface area contributed by atoms with E-state index in [-0.39, 0.29) is 18.2 Å². The van der Waals surface area contributed by atoms with Crippen molar-refractivity contribution >= 4 is 21.9 Å². The summed E-state index contributed by atoms with van der Waals surface area (Å²) in [4.78, 5) is 23.3. The molecule has 27 heavy (non-hydrogen) atoms. The predicted molar refractivity (Wildman–Crippen MR) is 97.2 cm³/mol. The number of amides is 1. The van der Waals surface area contributed by atoms with E-state index in [9.17, 15) is 18.0 Å². The van der Waals surface area contributed by atoms with Gasteiger partial charge in [-0.25, -0.2) is 8.42 Å². The third-order valence-electron chi connectivity index (χ3n) is 5.20. The van der Waals surface area contributed by atoms with Crippen molar-refractivity contribution in [3.63, 3.8) is 0 Å². The van der Waals surface area contributed by atoms with Crippen LogP contribution < -0.4 is 5.32 Å². The first-order valence-corrected chi connectivity index (χ1v) is 10.6. The van der Waals surface area contributed by atoms with Gasteiger partial charge in [-0.3, -0.25) is 9.59 Å². The Morgan fingerprint density at radius 1 is 1.11 bits per heavy atom. The van der Waals surface area contributed by atoms with Gasteiger partial charge >= 0.3 is 5.97 Å². The van der Waals surface area contributed by atoms with Crippen LogP contribution >= 0.6 is 0 Å². The highest BCUT2D eigenvalue weighted by atomic mass is 32.2. The summed E-state index contributed by atoms with van der Waals surface area (Å²) in [6, 6.07) is 7.07. The van der Waals surface area contributed by atoms with Crippen molar-refractivity contribution in [2.24, 2.45) is 11.8 Å². The molecule has 1 aliphatic carbocycles. The van der Waals surface area contributed by atoms with Gasteiger partial charge in [0.1, 0.15) is 0 Å². The Balaban J connectivity index is 1.64. The molecule has 1 aliphatic heterocycles. The summed E-state index contributed by atoms with van der Waals surface area (Å²) in [6.45, 7) is 1.65. The molecule has 0 radical (unpaired) electrons. The number of sulfonamides is 1. The van der Waals surface area contributed by atoms with Crippen molar-refractivity contribution in [1.29, 1.82) is 0 Å². The van der Waals surface area contributed by atoms with Crippen LogP contribution in [0, 0.1) is 11.8 Å². The lowest BCUT2D eigenvalue weighted by Crippen LogP contribution is -2.44. The predicted octanol–water partition coefficient (Wildman–Crippen LogP) is 0.576. The number of carbonyl (C=O) groups excluding carboxylic acids is 1. The molecule has 2 aliphatic rings. The number of rotatable bonds is 7. The highest BCUT2D eigenvalue weighted by Crippen LogP contribution is 2.34. The average molecular weight is 396 g/mol. The topological polar surface area (TPSA) is 113 Å². The monoisotopic (exact) mass is 396 g/mol. The van der Waals surface area contributed by atoms with Crippen LogP contribution in [0.25, 0.3) is 0 Å². The molecule has 2 N–H and O–H groups in total. The zero-order chi connectivity index (χ0) is 19.4. The second-order valence-electron chi connectivity index (χ2n) is 6.88. The molecule has 0 bridgehead atoms. The summed E-state index contributed by atoms with van der Waals surface area (Å²) in [5.74, 6) is -2.51. The molecule has 2 unspecified atom stereocenters. The van der Waals surface area contributed by atoms with Gasteiger partial charge in [-0.05, 0) is 24.0 Å². The zero-order valence-electron chi connectivity index (χ0n) is 15.0. The highest BCUT2D eigenvalue weighted by Gasteiger charge is 2.41. The molecule has 1 saturated carbocycles. The highest BCUT2D eigenvalue weighted by molar-refractivity contribution is 7.88. The number of benzene rings is 1. The van der Waals surface area contributed by atoms with Crippen LogP contribution in [-0.4, -0.2) is 56.0 Å². The van der Waals surface area contributed by atoms with Crippen molar-refractivity contribution in [3.05, 3.63) is 35.4 Å². The van der Waals surface area contributed by atoms with E-state index in [0.717, 1.165) is 0 Å². The van der Waals surface area contributed by atoms with Crippen molar-refractivity contribution in [2.45, 2.75) is 25.1 Å². The summed E-state index contributed by atoms with van der Waals surface area (Å²) >= 11 is 0. The first-order valence-electron chi connectivity index (χ1n) is 9.01. The van der Waals surface area contributed by atoms with Gasteiger partial charge in [-0.1, -0.05) is 24.3 Å². The molecule has 1 heterocycles. The lowest BCUT2D eigenvalue weighted by molar-refractivity contribution is -0.152. The molecular formula is C18H24N2O6S. The van der Waals surface area contributed by atoms with E-state index in [1.165, 1.54) is 4.31 Å². The molecule has 9 heteroatoms. The minimum atomic E-state index is -3.46. The van der Waals surface area contributed by atoms with E-state index >= 15 is 0 Å². The summed E-state index contributed by atoms with van der Waals surface area (Å²) in [7, 11) is -3.46. The van der Waals surface area contributed by atoms with Gasteiger partial charge in [0.2, 0.25) is 15.9 Å². The zero-order valence-corrected chi connectivity index (χ0v) is 15.8. The van der Waals surface area contributed by atoms with E-state index in [4.69, 9.17) is 9.84 Å². The summed E-state index contributed by atoms with van der Waals surface area (Å²) in [6.07, 6.45) is 1.08. The van der Waals surface area contributed by atoms with Gasteiger partial charge in [0, 0.05) is 19.6 Å². The molecule has 2 atom stereocenters. The Morgan fingerprint density at radius 2 is 1.74 bits per heavy atom. The van der Waals surface area contributed by atoms with Gasteiger partial charge in [0.15, 0.2) is 0 Å². The minimum Gasteiger partial charge on any atom is -0.481 e. The number of morpholine rings is 1. The van der Waals surface area contributed by atoms with Crippen LogP contribution in [0.15, 0.2) is 24.3 Å². The number of carboxylic acids is 1. The first kappa shape index (κ1) is 19.8. The third kappa shape index (κ3) is 4.66. The molecule has 1 amide bonds. The maximum atomic E-state index is 12.6. The van der Waals surface area contributed by atoms with Crippen molar-refractivity contribution in [2.75, 3.05) is 26.3 Å². The number of ether oxygens (including phenoxy) is 1. The van der Waals surface area contributed by atoms with Gasteiger partial charge in [-0.15, -0.1) is 0 Å². The average Bonchev–Trinajstić information content (AvgIpc) is 2.60. The number of aliphatic carboxylic acids is 1. The van der Waals surface area contributed by atoms with E-state index in [1.54, 1.807) is 24.3 Å². The molecule has 148 valence electrons. The Kier molecular flexibility index (Phi) is 6.13. The van der Waals surface area contributed by atoms with Crippen LogP contribution in [0.4, 0.5) is 0 Å². The Labute approximate surface area is 158 Å². The van der Waals surface area contributed by atoms with E-state index in [1.807, 2.05) is 0 Å². The molecule has 0 spiro atoms. The van der Waals surface area contributed by atoms with Gasteiger partial charge < -0.3 is 15.2 Å². The Bertz CT molecular complexity index is 804.